The van der Waals surface area contributed by atoms with Crippen molar-refractivity contribution in [1.82, 2.24) is 5.32 Å². The summed E-state index contributed by atoms with van der Waals surface area (Å²) >= 11 is 0. The van der Waals surface area contributed by atoms with Gasteiger partial charge in [0, 0.05) is 17.2 Å². The molecule has 1 N–H and O–H groups in total. The van der Waals surface area contributed by atoms with Crippen molar-refractivity contribution in [3.8, 4) is 5.75 Å². The van der Waals surface area contributed by atoms with Crippen LogP contribution in [0.3, 0.4) is 0 Å². The Morgan fingerprint density at radius 2 is 2.06 bits per heavy atom. The number of para-hydroxylation sites is 1. The molecule has 0 aliphatic heterocycles. The molecule has 98 valence electrons. The molecule has 0 aliphatic rings. The van der Waals surface area contributed by atoms with E-state index in [0.29, 0.717) is 0 Å². The van der Waals surface area contributed by atoms with Crippen molar-refractivity contribution in [3.05, 3.63) is 35.9 Å². The smallest absolute Gasteiger partial charge is 0.244 e. The Balaban J connectivity index is 2.72. The monoisotopic (exact) mass is 247 g/mol. The van der Waals surface area contributed by atoms with Crippen LogP contribution in [0.4, 0.5) is 0 Å². The molecule has 0 fully saturated rings. The fourth-order valence-corrected chi connectivity index (χ4v) is 1.43. The number of rotatable bonds is 5. The lowest BCUT2D eigenvalue weighted by molar-refractivity contribution is -0.117. The minimum Gasteiger partial charge on any atom is -0.496 e. The number of ether oxygens (including phenoxy) is 1. The van der Waals surface area contributed by atoms with E-state index < -0.39 is 0 Å². The first-order valence-corrected chi connectivity index (χ1v) is 6.12. The van der Waals surface area contributed by atoms with Crippen LogP contribution in [0.2, 0.25) is 0 Å². The van der Waals surface area contributed by atoms with E-state index in [9.17, 15) is 4.79 Å². The van der Waals surface area contributed by atoms with Crippen molar-refractivity contribution in [3.63, 3.8) is 0 Å². The molecule has 0 spiro atoms. The first-order valence-electron chi connectivity index (χ1n) is 6.12. The predicted octanol–water partition coefficient (Wildman–Crippen LogP) is 3.01. The van der Waals surface area contributed by atoms with Crippen LogP contribution in [0.15, 0.2) is 30.3 Å². The normalized spacial score (nSPS) is 11.6. The molecule has 0 aliphatic carbocycles. The number of carbonyl (C=O) groups excluding carboxylic acids is 1. The number of benzene rings is 1. The number of carbonyl (C=O) groups is 1. The van der Waals surface area contributed by atoms with E-state index in [2.05, 4.69) is 5.32 Å². The topological polar surface area (TPSA) is 38.3 Å². The molecule has 1 rings (SSSR count). The molecule has 3 heteroatoms. The number of hydrogen-bond donors (Lipinski definition) is 1. The van der Waals surface area contributed by atoms with Gasteiger partial charge in [0.2, 0.25) is 5.91 Å². The highest BCUT2D eigenvalue weighted by Crippen LogP contribution is 2.18. The number of methoxy groups -OCH3 is 1. The van der Waals surface area contributed by atoms with Crippen molar-refractivity contribution in [1.29, 1.82) is 0 Å². The molecular formula is C15H21NO2. The van der Waals surface area contributed by atoms with Crippen LogP contribution in [0.5, 0.6) is 5.75 Å². The van der Waals surface area contributed by atoms with Gasteiger partial charge in [-0.1, -0.05) is 25.1 Å². The zero-order chi connectivity index (χ0) is 13.6. The maximum absolute atomic E-state index is 11.8. The zero-order valence-corrected chi connectivity index (χ0v) is 11.5. The Morgan fingerprint density at radius 1 is 1.39 bits per heavy atom. The molecule has 1 aromatic carbocycles. The molecule has 0 saturated carbocycles. The van der Waals surface area contributed by atoms with Crippen LogP contribution in [-0.4, -0.2) is 18.6 Å². The van der Waals surface area contributed by atoms with Crippen LogP contribution in [-0.2, 0) is 4.79 Å². The summed E-state index contributed by atoms with van der Waals surface area (Å²) in [4.78, 5) is 11.8. The van der Waals surface area contributed by atoms with Gasteiger partial charge in [0.05, 0.1) is 7.11 Å². The van der Waals surface area contributed by atoms with E-state index in [1.807, 2.05) is 45.0 Å². The summed E-state index contributed by atoms with van der Waals surface area (Å²) in [6.07, 6.45) is 4.19. The van der Waals surface area contributed by atoms with Crippen LogP contribution in [0.1, 0.15) is 32.8 Å². The van der Waals surface area contributed by atoms with Gasteiger partial charge in [0.25, 0.3) is 0 Å². The number of amides is 1. The Kier molecular flexibility index (Phi) is 4.95. The lowest BCUT2D eigenvalue weighted by atomic mass is 10.0. The molecule has 0 heterocycles. The second-order valence-electron chi connectivity index (χ2n) is 4.80. The minimum atomic E-state index is -0.178. The first kappa shape index (κ1) is 14.3. The van der Waals surface area contributed by atoms with Crippen molar-refractivity contribution in [2.45, 2.75) is 32.7 Å². The first-order chi connectivity index (χ1) is 8.48. The zero-order valence-electron chi connectivity index (χ0n) is 11.5. The highest BCUT2D eigenvalue weighted by atomic mass is 16.5. The third-order valence-electron chi connectivity index (χ3n) is 2.90. The quantitative estimate of drug-likeness (QED) is 0.812. The Labute approximate surface area is 109 Å². The fourth-order valence-electron chi connectivity index (χ4n) is 1.43. The van der Waals surface area contributed by atoms with Gasteiger partial charge in [0.15, 0.2) is 0 Å². The van der Waals surface area contributed by atoms with E-state index in [4.69, 9.17) is 4.74 Å². The van der Waals surface area contributed by atoms with Gasteiger partial charge in [-0.05, 0) is 32.4 Å². The fraction of sp³-hybridized carbons (Fsp3) is 0.400. The summed E-state index contributed by atoms with van der Waals surface area (Å²) in [6, 6.07) is 7.59. The SMILES string of the molecule is CCC(C)(C)NC(=O)C=Cc1ccccc1OC. The third kappa shape index (κ3) is 4.24. The predicted molar refractivity (Wildman–Crippen MR) is 74.5 cm³/mol. The van der Waals surface area contributed by atoms with Crippen molar-refractivity contribution < 1.29 is 9.53 Å². The van der Waals surface area contributed by atoms with E-state index >= 15 is 0 Å². The second-order valence-corrected chi connectivity index (χ2v) is 4.80. The molecule has 0 atom stereocenters. The highest BCUT2D eigenvalue weighted by molar-refractivity contribution is 5.92. The largest absolute Gasteiger partial charge is 0.496 e. The van der Waals surface area contributed by atoms with E-state index in [0.717, 1.165) is 17.7 Å². The highest BCUT2D eigenvalue weighted by Gasteiger charge is 2.15. The van der Waals surface area contributed by atoms with Crippen molar-refractivity contribution >= 4 is 12.0 Å². The third-order valence-corrected chi connectivity index (χ3v) is 2.90. The average Bonchev–Trinajstić information content (AvgIpc) is 2.36. The average molecular weight is 247 g/mol. The summed E-state index contributed by atoms with van der Waals surface area (Å²) in [5, 5.41) is 2.95. The van der Waals surface area contributed by atoms with Crippen molar-refractivity contribution in [2.24, 2.45) is 0 Å². The summed E-state index contributed by atoms with van der Waals surface area (Å²) in [6.45, 7) is 6.05. The Hall–Kier alpha value is -1.77. The van der Waals surface area contributed by atoms with Crippen molar-refractivity contribution in [2.75, 3.05) is 7.11 Å². The second kappa shape index (κ2) is 6.24. The van der Waals surface area contributed by atoms with Gasteiger partial charge >= 0.3 is 0 Å². The van der Waals surface area contributed by atoms with E-state index in [1.54, 1.807) is 13.2 Å². The summed E-state index contributed by atoms with van der Waals surface area (Å²) in [5.74, 6) is 0.670. The van der Waals surface area contributed by atoms with Gasteiger partial charge in [-0.15, -0.1) is 0 Å². The molecule has 3 nitrogen and oxygen atoms in total. The van der Waals surface area contributed by atoms with Gasteiger partial charge in [0.1, 0.15) is 5.75 Å². The molecule has 0 radical (unpaired) electrons. The minimum absolute atomic E-state index is 0.0900. The maximum atomic E-state index is 11.8. The Morgan fingerprint density at radius 3 is 2.67 bits per heavy atom. The number of hydrogen-bond acceptors (Lipinski definition) is 2. The summed E-state index contributed by atoms with van der Waals surface area (Å²) in [5.41, 5.74) is 0.715. The molecule has 0 unspecified atom stereocenters. The van der Waals surface area contributed by atoms with Crippen LogP contribution < -0.4 is 10.1 Å². The van der Waals surface area contributed by atoms with Crippen LogP contribution in [0, 0.1) is 0 Å². The molecule has 1 amide bonds. The summed E-state index contributed by atoms with van der Waals surface area (Å²) < 4.78 is 5.22. The molecular weight excluding hydrogens is 226 g/mol. The molecule has 0 saturated heterocycles. The molecule has 0 aromatic heterocycles. The molecule has 0 bridgehead atoms. The van der Waals surface area contributed by atoms with E-state index in [1.165, 1.54) is 6.08 Å². The molecule has 18 heavy (non-hydrogen) atoms. The van der Waals surface area contributed by atoms with Gasteiger partial charge in [-0.25, -0.2) is 0 Å². The number of nitrogens with one attached hydrogen (secondary N) is 1. The standard InChI is InChI=1S/C15H21NO2/c1-5-15(2,3)16-14(17)11-10-12-8-6-7-9-13(12)18-4/h6-11H,5H2,1-4H3,(H,16,17). The molecule has 1 aromatic rings. The van der Waals surface area contributed by atoms with Crippen LogP contribution in [0.25, 0.3) is 6.08 Å². The van der Waals surface area contributed by atoms with E-state index in [-0.39, 0.29) is 11.4 Å². The lowest BCUT2D eigenvalue weighted by Gasteiger charge is -2.23. The maximum Gasteiger partial charge on any atom is 0.244 e. The summed E-state index contributed by atoms with van der Waals surface area (Å²) in [7, 11) is 1.62. The van der Waals surface area contributed by atoms with Crippen LogP contribution >= 0.6 is 0 Å². The van der Waals surface area contributed by atoms with Gasteiger partial charge < -0.3 is 10.1 Å². The van der Waals surface area contributed by atoms with Gasteiger partial charge in [-0.3, -0.25) is 4.79 Å². The lowest BCUT2D eigenvalue weighted by Crippen LogP contribution is -2.41. The van der Waals surface area contributed by atoms with Gasteiger partial charge in [-0.2, -0.15) is 0 Å². The Bertz CT molecular complexity index is 436.